The van der Waals surface area contributed by atoms with E-state index in [4.69, 9.17) is 0 Å². The van der Waals surface area contributed by atoms with Crippen LogP contribution in [0.15, 0.2) is 11.8 Å². The maximum atomic E-state index is 12.5. The zero-order chi connectivity index (χ0) is 13.2. The molecule has 0 saturated carbocycles. The summed E-state index contributed by atoms with van der Waals surface area (Å²) in [5, 5.41) is -5.93. The van der Waals surface area contributed by atoms with Crippen molar-refractivity contribution in [3.63, 3.8) is 0 Å². The van der Waals surface area contributed by atoms with Crippen molar-refractivity contribution in [2.75, 3.05) is 0 Å². The molecule has 0 atom stereocenters. The summed E-state index contributed by atoms with van der Waals surface area (Å²) in [5.74, 6) is -0.482. The summed E-state index contributed by atoms with van der Waals surface area (Å²) in [4.78, 5) is 0. The molecule has 0 aromatic carbocycles. The number of alkyl halides is 5. The zero-order valence-electron chi connectivity index (χ0n) is 8.31. The summed E-state index contributed by atoms with van der Waals surface area (Å²) in [6, 6.07) is 0. The van der Waals surface area contributed by atoms with E-state index in [-0.39, 0.29) is 6.42 Å². The predicted octanol–water partition coefficient (Wildman–Crippen LogP) is 2.80. The Kier molecular flexibility index (Phi) is 4.31. The van der Waals surface area contributed by atoms with Crippen LogP contribution in [0.3, 0.4) is 0 Å². The van der Waals surface area contributed by atoms with Gasteiger partial charge in [-0.05, 0) is 13.0 Å². The second-order valence-electron chi connectivity index (χ2n) is 2.66. The van der Waals surface area contributed by atoms with E-state index in [0.29, 0.717) is 0 Å². The molecule has 0 N–H and O–H groups in total. The van der Waals surface area contributed by atoms with Crippen molar-refractivity contribution in [2.24, 2.45) is 0 Å². The fourth-order valence-corrected chi connectivity index (χ4v) is 1.53. The Morgan fingerprint density at radius 3 is 1.94 bits per heavy atom. The third-order valence-corrected chi connectivity index (χ3v) is 2.82. The smallest absolute Gasteiger partial charge is 0.383 e. The highest BCUT2D eigenvalue weighted by Gasteiger charge is 2.69. The van der Waals surface area contributed by atoms with Gasteiger partial charge in [-0.15, -0.1) is 0 Å². The molecule has 0 radical (unpaired) electrons. The van der Waals surface area contributed by atoms with Crippen LogP contribution in [0.2, 0.25) is 0 Å². The van der Waals surface area contributed by atoms with Gasteiger partial charge in [-0.2, -0.15) is 30.4 Å². The lowest BCUT2D eigenvalue weighted by atomic mass is 10.4. The maximum Gasteiger partial charge on any atom is 0.475 e. The van der Waals surface area contributed by atoms with E-state index < -0.39 is 27.3 Å². The summed E-state index contributed by atoms with van der Waals surface area (Å²) < 4.78 is 85.3. The summed E-state index contributed by atoms with van der Waals surface area (Å²) in [5.41, 5.74) is 0. The Labute approximate surface area is 89.0 Å². The van der Waals surface area contributed by atoms with Crippen molar-refractivity contribution in [3.8, 4) is 0 Å². The molecule has 0 aromatic heterocycles. The SMILES string of the molecule is CC=C(CC)OS(=O)(=O)C(F)(F)C(F)(F)F. The van der Waals surface area contributed by atoms with Gasteiger partial charge in [0, 0.05) is 6.42 Å². The first-order valence-corrected chi connectivity index (χ1v) is 5.44. The van der Waals surface area contributed by atoms with Crippen molar-refractivity contribution in [1.29, 1.82) is 0 Å². The second-order valence-corrected chi connectivity index (χ2v) is 4.25. The van der Waals surface area contributed by atoms with Gasteiger partial charge >= 0.3 is 21.5 Å². The van der Waals surface area contributed by atoms with Crippen LogP contribution in [-0.2, 0) is 14.3 Å². The lowest BCUT2D eigenvalue weighted by Gasteiger charge is -2.19. The third kappa shape index (κ3) is 2.83. The minimum absolute atomic E-state index is 0.121. The van der Waals surface area contributed by atoms with Gasteiger partial charge in [0.1, 0.15) is 5.76 Å². The lowest BCUT2D eigenvalue weighted by molar-refractivity contribution is -0.243. The molecule has 0 fully saturated rings. The minimum atomic E-state index is -6.21. The fourth-order valence-electron chi connectivity index (χ4n) is 0.646. The van der Waals surface area contributed by atoms with Crippen molar-refractivity contribution < 1.29 is 34.6 Å². The molecule has 0 rings (SSSR count). The Bertz CT molecular complexity index is 368. The first kappa shape index (κ1) is 15.1. The van der Waals surface area contributed by atoms with Crippen LogP contribution in [0.1, 0.15) is 20.3 Å². The minimum Gasteiger partial charge on any atom is -0.383 e. The largest absolute Gasteiger partial charge is 0.475 e. The van der Waals surface area contributed by atoms with Crippen LogP contribution < -0.4 is 0 Å². The number of allylic oxidation sites excluding steroid dienone is 2. The molecule has 96 valence electrons. The van der Waals surface area contributed by atoms with E-state index in [1.165, 1.54) is 13.8 Å². The first-order valence-electron chi connectivity index (χ1n) is 4.03. The van der Waals surface area contributed by atoms with Crippen molar-refractivity contribution in [1.82, 2.24) is 0 Å². The van der Waals surface area contributed by atoms with Crippen molar-refractivity contribution in [2.45, 2.75) is 31.7 Å². The van der Waals surface area contributed by atoms with Gasteiger partial charge in [-0.1, -0.05) is 6.92 Å². The van der Waals surface area contributed by atoms with Crippen LogP contribution in [0.5, 0.6) is 0 Å². The first-order chi connectivity index (χ1) is 6.99. The van der Waals surface area contributed by atoms with E-state index in [1.54, 1.807) is 0 Å². The molecule has 0 aliphatic heterocycles. The Morgan fingerprint density at radius 2 is 1.69 bits per heavy atom. The van der Waals surface area contributed by atoms with Gasteiger partial charge in [0.2, 0.25) is 0 Å². The quantitative estimate of drug-likeness (QED) is 0.447. The van der Waals surface area contributed by atoms with E-state index in [1.807, 2.05) is 0 Å². The molecule has 0 bridgehead atoms. The summed E-state index contributed by atoms with van der Waals surface area (Å²) in [6.45, 7) is 2.59. The van der Waals surface area contributed by atoms with E-state index >= 15 is 0 Å². The van der Waals surface area contributed by atoms with Gasteiger partial charge in [-0.25, -0.2) is 0 Å². The summed E-state index contributed by atoms with van der Waals surface area (Å²) in [7, 11) is -6.07. The van der Waals surface area contributed by atoms with Gasteiger partial charge in [0.25, 0.3) is 0 Å². The lowest BCUT2D eigenvalue weighted by Crippen LogP contribution is -2.44. The fraction of sp³-hybridized carbons (Fsp3) is 0.714. The second kappa shape index (κ2) is 4.56. The number of rotatable bonds is 4. The van der Waals surface area contributed by atoms with E-state index in [0.717, 1.165) is 6.08 Å². The number of hydrogen-bond donors (Lipinski definition) is 0. The molecule has 0 spiro atoms. The third-order valence-electron chi connectivity index (χ3n) is 1.53. The van der Waals surface area contributed by atoms with Crippen molar-refractivity contribution in [3.05, 3.63) is 11.8 Å². The van der Waals surface area contributed by atoms with Gasteiger partial charge in [0.15, 0.2) is 0 Å². The van der Waals surface area contributed by atoms with Crippen molar-refractivity contribution >= 4 is 10.1 Å². The average Bonchev–Trinajstić information content (AvgIpc) is 2.12. The molecule has 3 nitrogen and oxygen atoms in total. The highest BCUT2D eigenvalue weighted by Crippen LogP contribution is 2.41. The summed E-state index contributed by atoms with van der Waals surface area (Å²) >= 11 is 0. The molecule has 0 unspecified atom stereocenters. The molecule has 0 heterocycles. The average molecular weight is 268 g/mol. The van der Waals surface area contributed by atoms with Crippen LogP contribution in [-0.4, -0.2) is 19.8 Å². The Balaban J connectivity index is 5.24. The van der Waals surface area contributed by atoms with Crippen LogP contribution in [0.25, 0.3) is 0 Å². The highest BCUT2D eigenvalue weighted by molar-refractivity contribution is 7.88. The summed E-state index contributed by atoms with van der Waals surface area (Å²) in [6.07, 6.45) is -5.34. The zero-order valence-corrected chi connectivity index (χ0v) is 9.12. The normalized spacial score (nSPS) is 15.1. The standard InChI is InChI=1S/C7H9F5O3S/c1-3-5(4-2)15-16(13,14)7(11,12)6(8,9)10/h3H,4H2,1-2H3. The van der Waals surface area contributed by atoms with Crippen LogP contribution in [0.4, 0.5) is 22.0 Å². The molecule has 0 amide bonds. The van der Waals surface area contributed by atoms with Gasteiger partial charge < -0.3 is 4.18 Å². The Hall–Kier alpha value is -0.860. The van der Waals surface area contributed by atoms with Crippen LogP contribution in [0, 0.1) is 0 Å². The molecular formula is C7H9F5O3S. The van der Waals surface area contributed by atoms with E-state index in [2.05, 4.69) is 4.18 Å². The maximum absolute atomic E-state index is 12.5. The molecule has 0 aromatic rings. The predicted molar refractivity (Wildman–Crippen MR) is 45.1 cm³/mol. The monoisotopic (exact) mass is 268 g/mol. The van der Waals surface area contributed by atoms with Gasteiger partial charge in [-0.3, -0.25) is 0 Å². The van der Waals surface area contributed by atoms with Gasteiger partial charge in [0.05, 0.1) is 0 Å². The highest BCUT2D eigenvalue weighted by atomic mass is 32.2. The molecule has 0 aliphatic rings. The molecule has 9 heteroatoms. The molecule has 0 aliphatic carbocycles. The Morgan fingerprint density at radius 1 is 1.25 bits per heavy atom. The molecular weight excluding hydrogens is 259 g/mol. The topological polar surface area (TPSA) is 43.4 Å². The number of halogens is 5. The van der Waals surface area contributed by atoms with E-state index in [9.17, 15) is 30.4 Å². The molecule has 16 heavy (non-hydrogen) atoms. The molecule has 0 saturated heterocycles. The van der Waals surface area contributed by atoms with Crippen LogP contribution >= 0.6 is 0 Å². The number of hydrogen-bond acceptors (Lipinski definition) is 3.